The summed E-state index contributed by atoms with van der Waals surface area (Å²) in [7, 11) is 0. The van der Waals surface area contributed by atoms with Gasteiger partial charge in [0.1, 0.15) is 0 Å². The number of hydrogen-bond acceptors (Lipinski definition) is 1. The SMILES string of the molecule is CCC1CC(CNC(C)C)(c2c(Cl)cccc2Cl)C1. The molecule has 0 aliphatic heterocycles. The Morgan fingerprint density at radius 3 is 2.32 bits per heavy atom. The van der Waals surface area contributed by atoms with Crippen molar-refractivity contribution in [2.45, 2.75) is 51.5 Å². The molecular weight excluding hydrogens is 277 g/mol. The Hall–Kier alpha value is -0.240. The molecule has 1 saturated carbocycles. The van der Waals surface area contributed by atoms with Gasteiger partial charge in [0, 0.05) is 28.0 Å². The van der Waals surface area contributed by atoms with E-state index in [4.69, 9.17) is 23.2 Å². The summed E-state index contributed by atoms with van der Waals surface area (Å²) >= 11 is 12.8. The number of hydrogen-bond donors (Lipinski definition) is 1. The van der Waals surface area contributed by atoms with Crippen molar-refractivity contribution in [3.05, 3.63) is 33.8 Å². The third-order valence-electron chi connectivity index (χ3n) is 4.28. The minimum atomic E-state index is 0.125. The largest absolute Gasteiger partial charge is 0.314 e. The molecule has 3 heteroatoms. The van der Waals surface area contributed by atoms with Gasteiger partial charge < -0.3 is 5.32 Å². The van der Waals surface area contributed by atoms with Crippen LogP contribution >= 0.6 is 23.2 Å². The first-order chi connectivity index (χ1) is 8.98. The number of nitrogens with one attached hydrogen (secondary N) is 1. The molecule has 1 aromatic rings. The maximum absolute atomic E-state index is 6.42. The van der Waals surface area contributed by atoms with Crippen LogP contribution in [0.4, 0.5) is 0 Å². The zero-order chi connectivity index (χ0) is 14.0. The molecule has 0 heterocycles. The minimum absolute atomic E-state index is 0.125. The molecule has 0 atom stereocenters. The van der Waals surface area contributed by atoms with E-state index in [9.17, 15) is 0 Å². The molecule has 0 aromatic heterocycles. The molecule has 1 aromatic carbocycles. The molecule has 0 unspecified atom stereocenters. The van der Waals surface area contributed by atoms with Crippen molar-refractivity contribution >= 4 is 23.2 Å². The first-order valence-corrected chi connectivity index (χ1v) is 7.92. The Kier molecular flexibility index (Phi) is 4.81. The fraction of sp³-hybridized carbons (Fsp3) is 0.625. The lowest BCUT2D eigenvalue weighted by molar-refractivity contribution is 0.131. The van der Waals surface area contributed by atoms with Gasteiger partial charge in [0.15, 0.2) is 0 Å². The number of rotatable bonds is 5. The van der Waals surface area contributed by atoms with Gasteiger partial charge in [-0.2, -0.15) is 0 Å². The van der Waals surface area contributed by atoms with Crippen molar-refractivity contribution in [3.63, 3.8) is 0 Å². The van der Waals surface area contributed by atoms with Crippen LogP contribution < -0.4 is 5.32 Å². The Bertz CT molecular complexity index is 416. The van der Waals surface area contributed by atoms with Crippen molar-refractivity contribution < 1.29 is 0 Å². The molecule has 0 amide bonds. The van der Waals surface area contributed by atoms with Gasteiger partial charge in [0.05, 0.1) is 0 Å². The third kappa shape index (κ3) is 3.09. The summed E-state index contributed by atoms with van der Waals surface area (Å²) in [5, 5.41) is 5.19. The molecule has 1 aliphatic carbocycles. The summed E-state index contributed by atoms with van der Waals surface area (Å²) < 4.78 is 0. The topological polar surface area (TPSA) is 12.0 Å². The van der Waals surface area contributed by atoms with Gasteiger partial charge in [-0.15, -0.1) is 0 Å². The normalized spacial score (nSPS) is 26.5. The lowest BCUT2D eigenvalue weighted by Gasteiger charge is -2.49. The van der Waals surface area contributed by atoms with E-state index in [2.05, 4.69) is 26.1 Å². The van der Waals surface area contributed by atoms with Crippen LogP contribution in [-0.2, 0) is 5.41 Å². The number of benzene rings is 1. The fourth-order valence-electron chi connectivity index (χ4n) is 3.17. The van der Waals surface area contributed by atoms with E-state index >= 15 is 0 Å². The second-order valence-corrected chi connectivity index (χ2v) is 6.91. The summed E-state index contributed by atoms with van der Waals surface area (Å²) in [4.78, 5) is 0. The monoisotopic (exact) mass is 299 g/mol. The molecule has 106 valence electrons. The van der Waals surface area contributed by atoms with Crippen molar-refractivity contribution in [1.82, 2.24) is 5.32 Å². The lowest BCUT2D eigenvalue weighted by atomic mass is 9.57. The maximum atomic E-state index is 6.42. The second kappa shape index (κ2) is 6.03. The zero-order valence-electron chi connectivity index (χ0n) is 12.0. The highest BCUT2D eigenvalue weighted by Crippen LogP contribution is 2.52. The van der Waals surface area contributed by atoms with Gasteiger partial charge in [-0.1, -0.05) is 56.5 Å². The highest BCUT2D eigenvalue weighted by Gasteiger charge is 2.46. The summed E-state index contributed by atoms with van der Waals surface area (Å²) in [6.07, 6.45) is 3.62. The van der Waals surface area contributed by atoms with E-state index in [1.807, 2.05) is 18.2 Å². The average Bonchev–Trinajstić information content (AvgIpc) is 2.30. The van der Waals surface area contributed by atoms with Gasteiger partial charge in [-0.05, 0) is 36.5 Å². The van der Waals surface area contributed by atoms with Gasteiger partial charge in [0.2, 0.25) is 0 Å². The minimum Gasteiger partial charge on any atom is -0.314 e. The van der Waals surface area contributed by atoms with Crippen LogP contribution in [0.5, 0.6) is 0 Å². The maximum Gasteiger partial charge on any atom is 0.0459 e. The lowest BCUT2D eigenvalue weighted by Crippen LogP contribution is -2.50. The van der Waals surface area contributed by atoms with E-state index < -0.39 is 0 Å². The standard InChI is InChI=1S/C16H23Cl2N/c1-4-12-8-16(9-12,10-19-11(2)3)15-13(17)6-5-7-14(15)18/h5-7,11-12,19H,4,8-10H2,1-3H3. The fourth-order valence-corrected chi connectivity index (χ4v) is 3.97. The van der Waals surface area contributed by atoms with Gasteiger partial charge in [-0.3, -0.25) is 0 Å². The van der Waals surface area contributed by atoms with Crippen molar-refractivity contribution in [2.24, 2.45) is 5.92 Å². The molecule has 1 fully saturated rings. The molecule has 0 bridgehead atoms. The molecule has 19 heavy (non-hydrogen) atoms. The summed E-state index contributed by atoms with van der Waals surface area (Å²) in [5.74, 6) is 0.807. The molecule has 0 radical (unpaired) electrons. The Morgan fingerprint density at radius 2 is 1.84 bits per heavy atom. The van der Waals surface area contributed by atoms with E-state index in [1.54, 1.807) is 0 Å². The zero-order valence-corrected chi connectivity index (χ0v) is 13.5. The second-order valence-electron chi connectivity index (χ2n) is 6.10. The summed E-state index contributed by atoms with van der Waals surface area (Å²) in [5.41, 5.74) is 1.27. The first kappa shape index (κ1) is 15.2. The predicted molar refractivity (Wildman–Crippen MR) is 84.3 cm³/mol. The Morgan fingerprint density at radius 1 is 1.26 bits per heavy atom. The Labute approximate surface area is 126 Å². The molecule has 1 nitrogen and oxygen atoms in total. The smallest absolute Gasteiger partial charge is 0.0459 e. The number of halogens is 2. The van der Waals surface area contributed by atoms with Gasteiger partial charge in [-0.25, -0.2) is 0 Å². The highest BCUT2D eigenvalue weighted by molar-refractivity contribution is 6.36. The molecule has 2 rings (SSSR count). The molecule has 0 saturated heterocycles. The van der Waals surface area contributed by atoms with Gasteiger partial charge >= 0.3 is 0 Å². The van der Waals surface area contributed by atoms with E-state index in [0.717, 1.165) is 28.1 Å². The van der Waals surface area contributed by atoms with Crippen LogP contribution in [0.25, 0.3) is 0 Å². The summed E-state index contributed by atoms with van der Waals surface area (Å²) in [6.45, 7) is 7.58. The van der Waals surface area contributed by atoms with Crippen LogP contribution in [0, 0.1) is 5.92 Å². The third-order valence-corrected chi connectivity index (χ3v) is 4.91. The van der Waals surface area contributed by atoms with E-state index in [1.165, 1.54) is 19.3 Å². The average molecular weight is 300 g/mol. The highest BCUT2D eigenvalue weighted by atomic mass is 35.5. The first-order valence-electron chi connectivity index (χ1n) is 7.16. The quantitative estimate of drug-likeness (QED) is 0.802. The molecule has 0 spiro atoms. The Balaban J connectivity index is 2.28. The van der Waals surface area contributed by atoms with Crippen LogP contribution in [0.3, 0.4) is 0 Å². The van der Waals surface area contributed by atoms with E-state index in [-0.39, 0.29) is 5.41 Å². The summed E-state index contributed by atoms with van der Waals surface area (Å²) in [6, 6.07) is 6.32. The van der Waals surface area contributed by atoms with E-state index in [0.29, 0.717) is 6.04 Å². The van der Waals surface area contributed by atoms with Crippen LogP contribution in [0.2, 0.25) is 10.0 Å². The van der Waals surface area contributed by atoms with Crippen molar-refractivity contribution in [1.29, 1.82) is 0 Å². The molecular formula is C16H23Cl2N. The van der Waals surface area contributed by atoms with Crippen LogP contribution in [-0.4, -0.2) is 12.6 Å². The molecule has 1 N–H and O–H groups in total. The van der Waals surface area contributed by atoms with Crippen LogP contribution in [0.15, 0.2) is 18.2 Å². The van der Waals surface area contributed by atoms with Crippen LogP contribution in [0.1, 0.15) is 45.6 Å². The van der Waals surface area contributed by atoms with Crippen molar-refractivity contribution in [2.75, 3.05) is 6.54 Å². The molecule has 1 aliphatic rings. The predicted octanol–water partition coefficient (Wildman–Crippen LogP) is 5.05. The van der Waals surface area contributed by atoms with Crippen molar-refractivity contribution in [3.8, 4) is 0 Å². The van der Waals surface area contributed by atoms with Gasteiger partial charge in [0.25, 0.3) is 0 Å².